The number of thiophene rings is 1. The van der Waals surface area contributed by atoms with E-state index in [1.165, 1.54) is 5.56 Å². The summed E-state index contributed by atoms with van der Waals surface area (Å²) in [6.07, 6.45) is 0. The Labute approximate surface area is 114 Å². The molecule has 2 nitrogen and oxygen atoms in total. The number of hydrogen-bond acceptors (Lipinski definition) is 3. The first-order valence-electron chi connectivity index (χ1n) is 5.29. The van der Waals surface area contributed by atoms with E-state index in [1.54, 1.807) is 18.4 Å². The zero-order chi connectivity index (χ0) is 12.3. The van der Waals surface area contributed by atoms with Crippen LogP contribution in [-0.2, 0) is 0 Å². The Morgan fingerprint density at radius 3 is 2.59 bits per heavy atom. The van der Waals surface area contributed by atoms with Crippen molar-refractivity contribution in [3.05, 3.63) is 50.6 Å². The Morgan fingerprint density at radius 1 is 1.24 bits per heavy atom. The van der Waals surface area contributed by atoms with Crippen LogP contribution >= 0.6 is 27.3 Å². The maximum Gasteiger partial charge on any atom is 0.123 e. The molecule has 1 heterocycles. The Balaban J connectivity index is 2.46. The predicted octanol–water partition coefficient (Wildman–Crippen LogP) is 3.83. The smallest absolute Gasteiger partial charge is 0.123 e. The number of rotatable bonds is 4. The number of ether oxygens (including phenoxy) is 1. The van der Waals surface area contributed by atoms with Gasteiger partial charge in [0.1, 0.15) is 5.75 Å². The molecule has 0 aliphatic carbocycles. The number of benzene rings is 1. The first-order valence-corrected chi connectivity index (χ1v) is 7.03. The fourth-order valence-electron chi connectivity index (χ4n) is 1.88. The van der Waals surface area contributed by atoms with Crippen LogP contribution < -0.4 is 10.1 Å². The van der Waals surface area contributed by atoms with E-state index in [9.17, 15) is 0 Å². The highest BCUT2D eigenvalue weighted by Gasteiger charge is 2.18. The molecule has 0 saturated heterocycles. The third kappa shape index (κ3) is 2.54. The zero-order valence-corrected chi connectivity index (χ0v) is 12.1. The van der Waals surface area contributed by atoms with Crippen LogP contribution in [-0.4, -0.2) is 14.2 Å². The second kappa shape index (κ2) is 5.67. The molecule has 1 atom stereocenters. The molecule has 0 fully saturated rings. The van der Waals surface area contributed by atoms with E-state index in [-0.39, 0.29) is 6.04 Å². The van der Waals surface area contributed by atoms with Gasteiger partial charge in [-0.2, -0.15) is 11.3 Å². The van der Waals surface area contributed by atoms with Gasteiger partial charge in [0.25, 0.3) is 0 Å². The van der Waals surface area contributed by atoms with Crippen LogP contribution in [0.1, 0.15) is 17.2 Å². The SMILES string of the molecule is CNC(c1cscc1Br)c1ccccc1OC. The zero-order valence-electron chi connectivity index (χ0n) is 9.74. The lowest BCUT2D eigenvalue weighted by Gasteiger charge is -2.19. The predicted molar refractivity (Wildman–Crippen MR) is 75.9 cm³/mol. The summed E-state index contributed by atoms with van der Waals surface area (Å²) in [4.78, 5) is 0. The van der Waals surface area contributed by atoms with Crippen LogP contribution in [0, 0.1) is 0 Å². The van der Waals surface area contributed by atoms with Crippen LogP contribution in [0.25, 0.3) is 0 Å². The molecule has 1 aromatic carbocycles. The van der Waals surface area contributed by atoms with Gasteiger partial charge in [0.2, 0.25) is 0 Å². The molecule has 4 heteroatoms. The number of nitrogens with one attached hydrogen (secondary N) is 1. The maximum atomic E-state index is 5.41. The van der Waals surface area contributed by atoms with Gasteiger partial charge in [0.15, 0.2) is 0 Å². The summed E-state index contributed by atoms with van der Waals surface area (Å²) >= 11 is 5.27. The summed E-state index contributed by atoms with van der Waals surface area (Å²) in [6.45, 7) is 0. The molecule has 2 rings (SSSR count). The standard InChI is InChI=1S/C13H14BrNOS/c1-15-13(10-7-17-8-11(10)14)9-5-3-4-6-12(9)16-2/h3-8,13,15H,1-2H3. The van der Waals surface area contributed by atoms with Crippen molar-refractivity contribution in [2.45, 2.75) is 6.04 Å². The first-order chi connectivity index (χ1) is 8.27. The largest absolute Gasteiger partial charge is 0.496 e. The van der Waals surface area contributed by atoms with E-state index >= 15 is 0 Å². The second-order valence-electron chi connectivity index (χ2n) is 3.64. The lowest BCUT2D eigenvalue weighted by atomic mass is 10.0. The Bertz CT molecular complexity index is 498. The number of methoxy groups -OCH3 is 1. The summed E-state index contributed by atoms with van der Waals surface area (Å²) in [7, 11) is 3.66. The molecule has 0 bridgehead atoms. The summed E-state index contributed by atoms with van der Waals surface area (Å²) in [5.74, 6) is 0.907. The molecular weight excluding hydrogens is 298 g/mol. The van der Waals surface area contributed by atoms with Crippen molar-refractivity contribution in [3.8, 4) is 5.75 Å². The molecular formula is C13H14BrNOS. The van der Waals surface area contributed by atoms with Gasteiger partial charge in [-0.3, -0.25) is 0 Å². The van der Waals surface area contributed by atoms with Gasteiger partial charge in [-0.15, -0.1) is 0 Å². The van der Waals surface area contributed by atoms with Gasteiger partial charge < -0.3 is 10.1 Å². The molecule has 1 unspecified atom stereocenters. The van der Waals surface area contributed by atoms with Crippen molar-refractivity contribution < 1.29 is 4.74 Å². The Kier molecular flexibility index (Phi) is 4.20. The van der Waals surface area contributed by atoms with Crippen molar-refractivity contribution in [1.82, 2.24) is 5.32 Å². The van der Waals surface area contributed by atoms with E-state index in [2.05, 4.69) is 38.1 Å². The lowest BCUT2D eigenvalue weighted by Crippen LogP contribution is -2.18. The van der Waals surface area contributed by atoms with E-state index in [4.69, 9.17) is 4.74 Å². The summed E-state index contributed by atoms with van der Waals surface area (Å²) in [5.41, 5.74) is 2.39. The quantitative estimate of drug-likeness (QED) is 0.926. The van der Waals surface area contributed by atoms with Gasteiger partial charge in [-0.25, -0.2) is 0 Å². The molecule has 0 aliphatic heterocycles. The van der Waals surface area contributed by atoms with Gasteiger partial charge in [-0.1, -0.05) is 18.2 Å². The maximum absolute atomic E-state index is 5.41. The van der Waals surface area contributed by atoms with Gasteiger partial charge in [0, 0.05) is 15.4 Å². The van der Waals surface area contributed by atoms with Crippen LogP contribution in [0.3, 0.4) is 0 Å². The second-order valence-corrected chi connectivity index (χ2v) is 5.24. The minimum atomic E-state index is 0.145. The summed E-state index contributed by atoms with van der Waals surface area (Å²) in [5, 5.41) is 7.58. The molecule has 0 radical (unpaired) electrons. The van der Waals surface area contributed by atoms with E-state index in [0.717, 1.165) is 15.8 Å². The van der Waals surface area contributed by atoms with Crippen molar-refractivity contribution in [2.24, 2.45) is 0 Å². The highest BCUT2D eigenvalue weighted by molar-refractivity contribution is 9.10. The highest BCUT2D eigenvalue weighted by atomic mass is 79.9. The summed E-state index contributed by atoms with van der Waals surface area (Å²) < 4.78 is 6.55. The monoisotopic (exact) mass is 311 g/mol. The van der Waals surface area contributed by atoms with Crippen LogP contribution in [0.2, 0.25) is 0 Å². The average molecular weight is 312 g/mol. The summed E-state index contributed by atoms with van der Waals surface area (Å²) in [6, 6.07) is 8.23. The Morgan fingerprint density at radius 2 is 2.00 bits per heavy atom. The van der Waals surface area contributed by atoms with Crippen molar-refractivity contribution >= 4 is 27.3 Å². The molecule has 0 amide bonds. The molecule has 17 heavy (non-hydrogen) atoms. The van der Waals surface area contributed by atoms with Gasteiger partial charge >= 0.3 is 0 Å². The van der Waals surface area contributed by atoms with Crippen LogP contribution in [0.15, 0.2) is 39.5 Å². The van der Waals surface area contributed by atoms with E-state index in [0.29, 0.717) is 0 Å². The average Bonchev–Trinajstić information content (AvgIpc) is 2.78. The van der Waals surface area contributed by atoms with Crippen LogP contribution in [0.5, 0.6) is 5.75 Å². The number of para-hydroxylation sites is 1. The van der Waals surface area contributed by atoms with Gasteiger partial charge in [-0.05, 0) is 40.0 Å². The van der Waals surface area contributed by atoms with Crippen LogP contribution in [0.4, 0.5) is 0 Å². The first kappa shape index (κ1) is 12.6. The third-order valence-corrected chi connectivity index (χ3v) is 4.44. The van der Waals surface area contributed by atoms with E-state index in [1.807, 2.05) is 25.2 Å². The molecule has 1 N–H and O–H groups in total. The van der Waals surface area contributed by atoms with Crippen molar-refractivity contribution in [2.75, 3.05) is 14.2 Å². The molecule has 1 aromatic heterocycles. The topological polar surface area (TPSA) is 21.3 Å². The van der Waals surface area contributed by atoms with Crippen molar-refractivity contribution in [3.63, 3.8) is 0 Å². The lowest BCUT2D eigenvalue weighted by molar-refractivity contribution is 0.405. The fraction of sp³-hybridized carbons (Fsp3) is 0.231. The Hall–Kier alpha value is -0.840. The van der Waals surface area contributed by atoms with Crippen molar-refractivity contribution in [1.29, 1.82) is 0 Å². The fourth-order valence-corrected chi connectivity index (χ4v) is 3.43. The minimum absolute atomic E-state index is 0.145. The minimum Gasteiger partial charge on any atom is -0.496 e. The van der Waals surface area contributed by atoms with Gasteiger partial charge in [0.05, 0.1) is 13.2 Å². The molecule has 0 saturated carbocycles. The number of hydrogen-bond donors (Lipinski definition) is 1. The molecule has 0 spiro atoms. The molecule has 2 aromatic rings. The highest BCUT2D eigenvalue weighted by Crippen LogP contribution is 2.35. The van der Waals surface area contributed by atoms with E-state index < -0.39 is 0 Å². The molecule has 90 valence electrons. The third-order valence-electron chi connectivity index (χ3n) is 2.69. The normalized spacial score (nSPS) is 12.4. The molecule has 0 aliphatic rings. The number of halogens is 1.